The van der Waals surface area contributed by atoms with Crippen molar-refractivity contribution in [2.75, 3.05) is 26.8 Å². The topological polar surface area (TPSA) is 49.8 Å². The summed E-state index contributed by atoms with van der Waals surface area (Å²) in [5.41, 5.74) is 0.00543. The number of phenolic OH excluding ortho intramolecular Hbond substituents is 1. The van der Waals surface area contributed by atoms with Gasteiger partial charge in [-0.15, -0.1) is 0 Å². The molecule has 0 saturated carbocycles. The fraction of sp³-hybridized carbons (Fsp3) is 0.462. The molecule has 1 unspecified atom stereocenters. The molecule has 1 aliphatic heterocycles. The van der Waals surface area contributed by atoms with Crippen molar-refractivity contribution in [1.29, 1.82) is 0 Å². The Labute approximate surface area is 105 Å². The van der Waals surface area contributed by atoms with E-state index in [2.05, 4.69) is 0 Å². The number of aromatic hydroxyl groups is 1. The van der Waals surface area contributed by atoms with E-state index in [1.54, 1.807) is 12.0 Å². The molecule has 1 aromatic carbocycles. The molecule has 1 N–H and O–H groups in total. The largest absolute Gasteiger partial charge is 0.508 e. The Morgan fingerprint density at radius 3 is 3.06 bits per heavy atom. The second-order valence-corrected chi connectivity index (χ2v) is 4.53. The van der Waals surface area contributed by atoms with Gasteiger partial charge in [-0.2, -0.15) is 0 Å². The van der Waals surface area contributed by atoms with Gasteiger partial charge in [-0.05, 0) is 18.6 Å². The molecule has 18 heavy (non-hydrogen) atoms. The van der Waals surface area contributed by atoms with Crippen molar-refractivity contribution >= 4 is 5.91 Å². The number of carbonyl (C=O) groups is 1. The third-order valence-electron chi connectivity index (χ3n) is 3.16. The van der Waals surface area contributed by atoms with Crippen molar-refractivity contribution in [2.24, 2.45) is 5.92 Å². The number of nitrogens with zero attached hydrogens (tertiary/aromatic N) is 1. The number of amides is 1. The van der Waals surface area contributed by atoms with E-state index >= 15 is 0 Å². The van der Waals surface area contributed by atoms with Crippen LogP contribution in [0.25, 0.3) is 0 Å². The van der Waals surface area contributed by atoms with Gasteiger partial charge in [0.2, 0.25) is 0 Å². The zero-order chi connectivity index (χ0) is 13.1. The maximum Gasteiger partial charge on any atom is 0.256 e. The maximum absolute atomic E-state index is 13.6. The smallest absolute Gasteiger partial charge is 0.256 e. The lowest BCUT2D eigenvalue weighted by Crippen LogP contribution is -2.29. The van der Waals surface area contributed by atoms with Crippen LogP contribution in [0.5, 0.6) is 5.75 Å². The number of halogens is 1. The highest BCUT2D eigenvalue weighted by Crippen LogP contribution is 2.21. The van der Waals surface area contributed by atoms with Gasteiger partial charge in [-0.3, -0.25) is 4.79 Å². The van der Waals surface area contributed by atoms with Crippen LogP contribution in [0.1, 0.15) is 16.8 Å². The van der Waals surface area contributed by atoms with Crippen molar-refractivity contribution in [3.8, 4) is 5.75 Å². The van der Waals surface area contributed by atoms with E-state index in [1.165, 1.54) is 12.1 Å². The number of methoxy groups -OCH3 is 1. The van der Waals surface area contributed by atoms with Crippen molar-refractivity contribution in [3.63, 3.8) is 0 Å². The van der Waals surface area contributed by atoms with Gasteiger partial charge >= 0.3 is 0 Å². The van der Waals surface area contributed by atoms with Crippen LogP contribution in [0.3, 0.4) is 0 Å². The second kappa shape index (κ2) is 5.35. The molecule has 1 aromatic rings. The van der Waals surface area contributed by atoms with Crippen LogP contribution in [0.2, 0.25) is 0 Å². The van der Waals surface area contributed by atoms with Crippen LogP contribution >= 0.6 is 0 Å². The minimum atomic E-state index is -0.685. The van der Waals surface area contributed by atoms with E-state index in [-0.39, 0.29) is 17.2 Å². The molecule has 0 aromatic heterocycles. The van der Waals surface area contributed by atoms with E-state index < -0.39 is 5.82 Å². The SMILES string of the molecule is COCC1CCN(C(=O)c2ccc(O)cc2F)C1. The first kappa shape index (κ1) is 12.8. The highest BCUT2D eigenvalue weighted by molar-refractivity contribution is 5.94. The van der Waals surface area contributed by atoms with Crippen molar-refractivity contribution in [1.82, 2.24) is 4.90 Å². The quantitative estimate of drug-likeness (QED) is 0.891. The Bertz CT molecular complexity index is 450. The fourth-order valence-electron chi connectivity index (χ4n) is 2.24. The number of likely N-dealkylation sites (tertiary alicyclic amines) is 1. The molecule has 0 bridgehead atoms. The summed E-state index contributed by atoms with van der Waals surface area (Å²) in [6.45, 7) is 1.82. The summed E-state index contributed by atoms with van der Waals surface area (Å²) in [6.07, 6.45) is 0.874. The van der Waals surface area contributed by atoms with Gasteiger partial charge in [0, 0.05) is 32.2 Å². The molecule has 1 atom stereocenters. The van der Waals surface area contributed by atoms with Crippen LogP contribution < -0.4 is 0 Å². The molecule has 1 saturated heterocycles. The number of hydrogen-bond donors (Lipinski definition) is 1. The summed E-state index contributed by atoms with van der Waals surface area (Å²) < 4.78 is 18.6. The van der Waals surface area contributed by atoms with Gasteiger partial charge in [0.15, 0.2) is 0 Å². The highest BCUT2D eigenvalue weighted by atomic mass is 19.1. The van der Waals surface area contributed by atoms with Gasteiger partial charge in [-0.25, -0.2) is 4.39 Å². The second-order valence-electron chi connectivity index (χ2n) is 4.53. The zero-order valence-corrected chi connectivity index (χ0v) is 10.2. The lowest BCUT2D eigenvalue weighted by Gasteiger charge is -2.16. The molecule has 1 heterocycles. The summed E-state index contributed by atoms with van der Waals surface area (Å²) >= 11 is 0. The predicted octanol–water partition coefficient (Wildman–Crippen LogP) is 1.64. The van der Waals surface area contributed by atoms with Gasteiger partial charge in [0.1, 0.15) is 11.6 Å². The van der Waals surface area contributed by atoms with Crippen molar-refractivity contribution in [3.05, 3.63) is 29.6 Å². The van der Waals surface area contributed by atoms with Gasteiger partial charge in [0.25, 0.3) is 5.91 Å². The predicted molar refractivity (Wildman–Crippen MR) is 64.0 cm³/mol. The fourth-order valence-corrected chi connectivity index (χ4v) is 2.24. The molecule has 0 spiro atoms. The van der Waals surface area contributed by atoms with E-state index in [4.69, 9.17) is 9.84 Å². The number of hydrogen-bond acceptors (Lipinski definition) is 3. The van der Waals surface area contributed by atoms with Gasteiger partial charge < -0.3 is 14.7 Å². The highest BCUT2D eigenvalue weighted by Gasteiger charge is 2.28. The molecule has 2 rings (SSSR count). The number of ether oxygens (including phenoxy) is 1. The molecule has 98 valence electrons. The molecule has 0 aliphatic carbocycles. The molecule has 0 radical (unpaired) electrons. The maximum atomic E-state index is 13.6. The number of benzene rings is 1. The molecule has 1 amide bonds. The molecule has 4 nitrogen and oxygen atoms in total. The standard InChI is InChI=1S/C13H16FNO3/c1-18-8-9-4-5-15(7-9)13(17)11-3-2-10(16)6-12(11)14/h2-3,6,9,16H,4-5,7-8H2,1H3. The van der Waals surface area contributed by atoms with E-state index in [0.717, 1.165) is 12.5 Å². The molecular formula is C13H16FNO3. The van der Waals surface area contributed by atoms with E-state index in [0.29, 0.717) is 25.6 Å². The number of carbonyl (C=O) groups excluding carboxylic acids is 1. The lowest BCUT2D eigenvalue weighted by atomic mass is 10.1. The Morgan fingerprint density at radius 2 is 2.39 bits per heavy atom. The van der Waals surface area contributed by atoms with Crippen LogP contribution in [0.15, 0.2) is 18.2 Å². The van der Waals surface area contributed by atoms with Crippen LogP contribution in [-0.2, 0) is 4.74 Å². The number of phenols is 1. The Morgan fingerprint density at radius 1 is 1.61 bits per heavy atom. The molecule has 1 aliphatic rings. The first-order valence-electron chi connectivity index (χ1n) is 5.88. The summed E-state index contributed by atoms with van der Waals surface area (Å²) in [4.78, 5) is 13.7. The third kappa shape index (κ3) is 2.61. The Kier molecular flexibility index (Phi) is 3.81. The summed E-state index contributed by atoms with van der Waals surface area (Å²) in [5, 5.41) is 9.12. The average molecular weight is 253 g/mol. The lowest BCUT2D eigenvalue weighted by molar-refractivity contribution is 0.0771. The van der Waals surface area contributed by atoms with Crippen molar-refractivity contribution in [2.45, 2.75) is 6.42 Å². The third-order valence-corrected chi connectivity index (χ3v) is 3.16. The van der Waals surface area contributed by atoms with Gasteiger partial charge in [-0.1, -0.05) is 0 Å². The molecule has 5 heteroatoms. The molecule has 1 fully saturated rings. The summed E-state index contributed by atoms with van der Waals surface area (Å²) in [7, 11) is 1.63. The average Bonchev–Trinajstić information content (AvgIpc) is 2.77. The Balaban J connectivity index is 2.08. The monoisotopic (exact) mass is 253 g/mol. The summed E-state index contributed by atoms with van der Waals surface area (Å²) in [5.74, 6) is -0.872. The zero-order valence-electron chi connectivity index (χ0n) is 10.2. The minimum Gasteiger partial charge on any atom is -0.508 e. The number of rotatable bonds is 3. The van der Waals surface area contributed by atoms with Crippen molar-refractivity contribution < 1.29 is 19.0 Å². The first-order valence-corrected chi connectivity index (χ1v) is 5.88. The Hall–Kier alpha value is -1.62. The van der Waals surface area contributed by atoms with E-state index in [1.807, 2.05) is 0 Å². The van der Waals surface area contributed by atoms with Gasteiger partial charge in [0.05, 0.1) is 12.2 Å². The first-order chi connectivity index (χ1) is 8.61. The summed E-state index contributed by atoms with van der Waals surface area (Å²) in [6, 6.07) is 3.59. The normalized spacial score (nSPS) is 19.2. The van der Waals surface area contributed by atoms with E-state index in [9.17, 15) is 9.18 Å². The minimum absolute atomic E-state index is 0.00543. The van der Waals surface area contributed by atoms with Crippen LogP contribution in [0, 0.1) is 11.7 Å². The van der Waals surface area contributed by atoms with Crippen LogP contribution in [0.4, 0.5) is 4.39 Å². The van der Waals surface area contributed by atoms with Crippen LogP contribution in [-0.4, -0.2) is 42.7 Å². The molecular weight excluding hydrogens is 237 g/mol.